The number of carbonyl (C=O) groups is 1. The summed E-state index contributed by atoms with van der Waals surface area (Å²) in [5.74, 6) is -0.331. The molecule has 2 rings (SSSR count). The van der Waals surface area contributed by atoms with Gasteiger partial charge in [0, 0.05) is 6.26 Å². The molecule has 0 unspecified atom stereocenters. The Hall–Kier alpha value is -2.22. The molecule has 0 saturated carbocycles. The van der Waals surface area contributed by atoms with Crippen LogP contribution in [0.15, 0.2) is 35.4 Å². The molecule has 0 aliphatic heterocycles. The van der Waals surface area contributed by atoms with Crippen LogP contribution in [0, 0.1) is 0 Å². The Morgan fingerprint density at radius 2 is 2.00 bits per heavy atom. The van der Waals surface area contributed by atoms with Gasteiger partial charge in [-0.05, 0) is 24.1 Å². The summed E-state index contributed by atoms with van der Waals surface area (Å²) in [5.41, 5.74) is 1.04. The molecule has 0 saturated heterocycles. The molecule has 1 aromatic heterocycles. The number of nitrogens with one attached hydrogen (secondary N) is 2. The van der Waals surface area contributed by atoms with E-state index in [2.05, 4.69) is 20.7 Å². The molecule has 7 nitrogen and oxygen atoms in total. The molecule has 2 N–H and O–H groups in total. The molecule has 0 spiro atoms. The number of nitrogens with zero attached hydrogens (tertiary/aromatic N) is 2. The van der Waals surface area contributed by atoms with E-state index in [0.717, 1.165) is 11.8 Å². The molecular formula is C13H16N4O3S. The number of rotatable bonds is 5. The van der Waals surface area contributed by atoms with Crippen LogP contribution in [0.1, 0.15) is 35.4 Å². The molecule has 1 aromatic carbocycles. The first-order chi connectivity index (χ1) is 9.91. The standard InChI is InChI=1S/C13H16N4O3S/c1-3-11(15-13(18)12-8-14-17-16-12)9-4-6-10(7-5-9)21(2,19)20/h4-8,11H,3H2,1-2H3,(H,15,18)(H,14,16,17)/t11-/m0/s1. The molecule has 0 fully saturated rings. The minimum atomic E-state index is -3.22. The first kappa shape index (κ1) is 15.2. The summed E-state index contributed by atoms with van der Waals surface area (Å²) in [6.45, 7) is 1.93. The minimum Gasteiger partial charge on any atom is -0.344 e. The fourth-order valence-electron chi connectivity index (χ4n) is 1.91. The van der Waals surface area contributed by atoms with Gasteiger partial charge in [0.15, 0.2) is 15.5 Å². The third-order valence-electron chi connectivity index (χ3n) is 3.07. The van der Waals surface area contributed by atoms with Crippen LogP contribution in [0.2, 0.25) is 0 Å². The first-order valence-electron chi connectivity index (χ1n) is 6.38. The normalized spacial score (nSPS) is 12.9. The Labute approximate surface area is 122 Å². The molecule has 0 aliphatic rings. The molecule has 1 heterocycles. The fraction of sp³-hybridized carbons (Fsp3) is 0.308. The number of aromatic amines is 1. The summed E-state index contributed by atoms with van der Waals surface area (Å²) < 4.78 is 22.9. The van der Waals surface area contributed by atoms with Gasteiger partial charge in [0.2, 0.25) is 0 Å². The zero-order valence-electron chi connectivity index (χ0n) is 11.7. The van der Waals surface area contributed by atoms with E-state index in [9.17, 15) is 13.2 Å². The molecule has 21 heavy (non-hydrogen) atoms. The summed E-state index contributed by atoms with van der Waals surface area (Å²) >= 11 is 0. The van der Waals surface area contributed by atoms with Crippen molar-refractivity contribution in [1.29, 1.82) is 0 Å². The van der Waals surface area contributed by atoms with Crippen LogP contribution in [-0.4, -0.2) is 36.0 Å². The highest BCUT2D eigenvalue weighted by atomic mass is 32.2. The van der Waals surface area contributed by atoms with Gasteiger partial charge in [0.1, 0.15) is 0 Å². The van der Waals surface area contributed by atoms with Crippen molar-refractivity contribution in [2.24, 2.45) is 0 Å². The van der Waals surface area contributed by atoms with Gasteiger partial charge in [-0.25, -0.2) is 8.42 Å². The zero-order chi connectivity index (χ0) is 15.5. The van der Waals surface area contributed by atoms with Crippen molar-refractivity contribution in [3.8, 4) is 0 Å². The van der Waals surface area contributed by atoms with Crippen LogP contribution in [-0.2, 0) is 9.84 Å². The highest BCUT2D eigenvalue weighted by Crippen LogP contribution is 2.19. The van der Waals surface area contributed by atoms with E-state index in [1.54, 1.807) is 12.1 Å². The molecule has 0 aliphatic carbocycles. The third-order valence-corrected chi connectivity index (χ3v) is 4.20. The van der Waals surface area contributed by atoms with Crippen LogP contribution in [0.3, 0.4) is 0 Å². The van der Waals surface area contributed by atoms with Gasteiger partial charge in [-0.3, -0.25) is 4.79 Å². The van der Waals surface area contributed by atoms with Crippen molar-refractivity contribution in [2.45, 2.75) is 24.3 Å². The second-order valence-electron chi connectivity index (χ2n) is 4.63. The quantitative estimate of drug-likeness (QED) is 0.860. The monoisotopic (exact) mass is 308 g/mol. The molecule has 2 aromatic rings. The Morgan fingerprint density at radius 1 is 1.33 bits per heavy atom. The predicted molar refractivity (Wildman–Crippen MR) is 76.4 cm³/mol. The summed E-state index contributed by atoms with van der Waals surface area (Å²) in [7, 11) is -3.22. The van der Waals surface area contributed by atoms with E-state index in [-0.39, 0.29) is 22.5 Å². The SMILES string of the molecule is CC[C@H](NC(=O)c1cn[nH]n1)c1ccc(S(C)(=O)=O)cc1. The first-order valence-corrected chi connectivity index (χ1v) is 8.27. The van der Waals surface area contributed by atoms with Crippen LogP contribution < -0.4 is 5.32 Å². The molecule has 1 atom stereocenters. The lowest BCUT2D eigenvalue weighted by Gasteiger charge is -2.17. The van der Waals surface area contributed by atoms with Gasteiger partial charge in [-0.2, -0.15) is 15.4 Å². The van der Waals surface area contributed by atoms with E-state index in [1.165, 1.54) is 18.3 Å². The van der Waals surface area contributed by atoms with Gasteiger partial charge in [-0.1, -0.05) is 19.1 Å². The highest BCUT2D eigenvalue weighted by Gasteiger charge is 2.16. The number of hydrogen-bond donors (Lipinski definition) is 2. The van der Waals surface area contributed by atoms with Crippen LogP contribution in [0.25, 0.3) is 0 Å². The Morgan fingerprint density at radius 3 is 2.48 bits per heavy atom. The maximum atomic E-state index is 11.9. The lowest BCUT2D eigenvalue weighted by Crippen LogP contribution is -2.28. The van der Waals surface area contributed by atoms with Crippen molar-refractivity contribution in [3.05, 3.63) is 41.7 Å². The molecule has 112 valence electrons. The number of sulfone groups is 1. The molecule has 0 radical (unpaired) electrons. The number of H-pyrrole nitrogens is 1. The van der Waals surface area contributed by atoms with E-state index >= 15 is 0 Å². The van der Waals surface area contributed by atoms with Crippen LogP contribution in [0.5, 0.6) is 0 Å². The lowest BCUT2D eigenvalue weighted by atomic mass is 10.0. The van der Waals surface area contributed by atoms with Crippen LogP contribution >= 0.6 is 0 Å². The fourth-order valence-corrected chi connectivity index (χ4v) is 2.54. The van der Waals surface area contributed by atoms with Crippen molar-refractivity contribution >= 4 is 15.7 Å². The Kier molecular flexibility index (Phi) is 4.37. The number of benzene rings is 1. The number of amides is 1. The predicted octanol–water partition coefficient (Wildman–Crippen LogP) is 1.09. The van der Waals surface area contributed by atoms with Crippen molar-refractivity contribution in [1.82, 2.24) is 20.7 Å². The molecule has 8 heteroatoms. The van der Waals surface area contributed by atoms with Gasteiger partial charge in [0.25, 0.3) is 5.91 Å². The average molecular weight is 308 g/mol. The Balaban J connectivity index is 2.16. The van der Waals surface area contributed by atoms with Gasteiger partial charge in [0.05, 0.1) is 17.1 Å². The van der Waals surface area contributed by atoms with E-state index in [1.807, 2.05) is 6.92 Å². The van der Waals surface area contributed by atoms with E-state index in [4.69, 9.17) is 0 Å². The molecular weight excluding hydrogens is 292 g/mol. The zero-order valence-corrected chi connectivity index (χ0v) is 12.5. The van der Waals surface area contributed by atoms with Crippen molar-refractivity contribution in [3.63, 3.8) is 0 Å². The molecule has 0 bridgehead atoms. The van der Waals surface area contributed by atoms with Gasteiger partial charge >= 0.3 is 0 Å². The number of aromatic nitrogens is 3. The van der Waals surface area contributed by atoms with Gasteiger partial charge in [-0.15, -0.1) is 0 Å². The maximum absolute atomic E-state index is 11.9. The van der Waals surface area contributed by atoms with Crippen molar-refractivity contribution < 1.29 is 13.2 Å². The molecule has 1 amide bonds. The number of hydrogen-bond acceptors (Lipinski definition) is 5. The lowest BCUT2D eigenvalue weighted by molar-refractivity contribution is 0.0930. The highest BCUT2D eigenvalue weighted by molar-refractivity contribution is 7.90. The third kappa shape index (κ3) is 3.66. The second kappa shape index (κ2) is 6.04. The number of carbonyl (C=O) groups excluding carboxylic acids is 1. The summed E-state index contributed by atoms with van der Waals surface area (Å²) in [6, 6.07) is 6.26. The van der Waals surface area contributed by atoms with E-state index < -0.39 is 9.84 Å². The summed E-state index contributed by atoms with van der Waals surface area (Å²) in [4.78, 5) is 12.2. The minimum absolute atomic E-state index is 0.209. The van der Waals surface area contributed by atoms with Gasteiger partial charge < -0.3 is 5.32 Å². The average Bonchev–Trinajstić information content (AvgIpc) is 2.98. The Bertz CT molecular complexity index is 708. The smallest absolute Gasteiger partial charge is 0.273 e. The van der Waals surface area contributed by atoms with Crippen molar-refractivity contribution in [2.75, 3.05) is 6.26 Å². The summed E-state index contributed by atoms with van der Waals surface area (Å²) in [5, 5.41) is 12.5. The van der Waals surface area contributed by atoms with E-state index in [0.29, 0.717) is 6.42 Å². The van der Waals surface area contributed by atoms with Crippen LogP contribution in [0.4, 0.5) is 0 Å². The summed E-state index contributed by atoms with van der Waals surface area (Å²) in [6.07, 6.45) is 3.17. The topological polar surface area (TPSA) is 105 Å². The largest absolute Gasteiger partial charge is 0.344 e. The maximum Gasteiger partial charge on any atom is 0.273 e. The second-order valence-corrected chi connectivity index (χ2v) is 6.65.